The number of anilines is 1. The standard InChI is InChI=1S/C23H20N4O5S/c1-14(32-19-6-4-3-5-7-19)21(29)24-17-10-8-16(9-11-17)22(30)31-13-18-12-20(28)27-23(25-18)33-15(2)26-27/h3-12,14H,13H2,1-2H3,(H,24,29)/t14-/m1/s1. The van der Waals surface area contributed by atoms with Crippen molar-refractivity contribution in [3.05, 3.63) is 87.3 Å². The molecule has 0 fully saturated rings. The van der Waals surface area contributed by atoms with Crippen LogP contribution in [-0.2, 0) is 16.1 Å². The van der Waals surface area contributed by atoms with Gasteiger partial charge in [-0.25, -0.2) is 9.78 Å². The predicted molar refractivity (Wildman–Crippen MR) is 123 cm³/mol. The highest BCUT2D eigenvalue weighted by Gasteiger charge is 2.16. The Bertz CT molecular complexity index is 1350. The van der Waals surface area contributed by atoms with Crippen molar-refractivity contribution in [2.45, 2.75) is 26.6 Å². The number of esters is 1. The van der Waals surface area contributed by atoms with E-state index < -0.39 is 12.1 Å². The Kier molecular flexibility index (Phi) is 6.45. The molecule has 0 aliphatic carbocycles. The number of aromatic nitrogens is 3. The molecule has 0 saturated carbocycles. The zero-order chi connectivity index (χ0) is 23.4. The van der Waals surface area contributed by atoms with Crippen molar-refractivity contribution in [1.82, 2.24) is 14.6 Å². The first-order valence-corrected chi connectivity index (χ1v) is 10.9. The molecule has 0 aliphatic rings. The minimum atomic E-state index is -0.701. The van der Waals surface area contributed by atoms with Gasteiger partial charge in [0.05, 0.1) is 11.3 Å². The minimum absolute atomic E-state index is 0.144. The topological polar surface area (TPSA) is 112 Å². The zero-order valence-electron chi connectivity index (χ0n) is 17.8. The Morgan fingerprint density at radius 3 is 2.58 bits per heavy atom. The molecule has 1 amide bonds. The molecule has 1 atom stereocenters. The maximum absolute atomic E-state index is 12.4. The highest BCUT2D eigenvalue weighted by atomic mass is 32.1. The van der Waals surface area contributed by atoms with Crippen LogP contribution in [0.5, 0.6) is 5.75 Å². The first-order chi connectivity index (χ1) is 15.9. The number of para-hydroxylation sites is 1. The normalized spacial score (nSPS) is 11.7. The van der Waals surface area contributed by atoms with Gasteiger partial charge in [-0.05, 0) is 50.2 Å². The summed E-state index contributed by atoms with van der Waals surface area (Å²) in [6.45, 7) is 3.29. The number of nitrogens with zero attached hydrogens (tertiary/aromatic N) is 3. The van der Waals surface area contributed by atoms with Crippen molar-refractivity contribution in [2.24, 2.45) is 0 Å². The first kappa shape index (κ1) is 22.2. The summed E-state index contributed by atoms with van der Waals surface area (Å²) in [7, 11) is 0. The molecule has 2 aromatic carbocycles. The number of hydrogen-bond acceptors (Lipinski definition) is 8. The van der Waals surface area contributed by atoms with Crippen LogP contribution in [0.4, 0.5) is 5.69 Å². The molecule has 4 rings (SSSR count). The van der Waals surface area contributed by atoms with Crippen molar-refractivity contribution < 1.29 is 19.1 Å². The fourth-order valence-electron chi connectivity index (χ4n) is 2.94. The van der Waals surface area contributed by atoms with Crippen molar-refractivity contribution in [2.75, 3.05) is 5.32 Å². The Balaban J connectivity index is 1.33. The molecule has 0 bridgehead atoms. The third-order valence-electron chi connectivity index (χ3n) is 4.56. The average molecular weight is 465 g/mol. The van der Waals surface area contributed by atoms with Gasteiger partial charge in [0, 0.05) is 11.8 Å². The van der Waals surface area contributed by atoms with Crippen molar-refractivity contribution in [3.8, 4) is 5.75 Å². The highest BCUT2D eigenvalue weighted by Crippen LogP contribution is 2.15. The van der Waals surface area contributed by atoms with Gasteiger partial charge in [0.1, 0.15) is 17.4 Å². The first-order valence-electron chi connectivity index (χ1n) is 10.1. The third-order valence-corrected chi connectivity index (χ3v) is 5.39. The van der Waals surface area contributed by atoms with E-state index in [2.05, 4.69) is 15.4 Å². The summed E-state index contributed by atoms with van der Waals surface area (Å²) in [6.07, 6.45) is -0.701. The van der Waals surface area contributed by atoms with Gasteiger partial charge in [-0.2, -0.15) is 9.61 Å². The van der Waals surface area contributed by atoms with Crippen LogP contribution in [-0.4, -0.2) is 32.6 Å². The van der Waals surface area contributed by atoms with E-state index in [1.165, 1.54) is 21.9 Å². The fourth-order valence-corrected chi connectivity index (χ4v) is 3.71. The van der Waals surface area contributed by atoms with E-state index >= 15 is 0 Å². The van der Waals surface area contributed by atoms with Crippen molar-refractivity contribution in [1.29, 1.82) is 0 Å². The monoisotopic (exact) mass is 464 g/mol. The molecule has 0 saturated heterocycles. The number of carbonyl (C=O) groups is 2. The summed E-state index contributed by atoms with van der Waals surface area (Å²) in [5.41, 5.74) is 0.822. The van der Waals surface area contributed by atoms with Gasteiger partial charge in [-0.15, -0.1) is 0 Å². The molecule has 168 valence electrons. The Morgan fingerprint density at radius 1 is 1.12 bits per heavy atom. The largest absolute Gasteiger partial charge is 0.481 e. The van der Waals surface area contributed by atoms with Crippen molar-refractivity contribution in [3.63, 3.8) is 0 Å². The van der Waals surface area contributed by atoms with E-state index in [-0.39, 0.29) is 18.1 Å². The predicted octanol–water partition coefficient (Wildman–Crippen LogP) is 3.22. The summed E-state index contributed by atoms with van der Waals surface area (Å²) in [5, 5.41) is 7.52. The van der Waals surface area contributed by atoms with Crippen LogP contribution in [0.1, 0.15) is 28.0 Å². The second-order valence-corrected chi connectivity index (χ2v) is 8.28. The van der Waals surface area contributed by atoms with E-state index in [1.54, 1.807) is 50.2 Å². The van der Waals surface area contributed by atoms with Gasteiger partial charge in [0.25, 0.3) is 11.5 Å². The third kappa shape index (κ3) is 5.42. The number of benzene rings is 2. The van der Waals surface area contributed by atoms with E-state index in [9.17, 15) is 14.4 Å². The van der Waals surface area contributed by atoms with Gasteiger partial charge in [0.15, 0.2) is 6.10 Å². The zero-order valence-corrected chi connectivity index (χ0v) is 18.7. The fraction of sp³-hybridized carbons (Fsp3) is 0.174. The number of fused-ring (bicyclic) bond motifs is 1. The molecule has 1 N–H and O–H groups in total. The smallest absolute Gasteiger partial charge is 0.338 e. The number of nitrogens with one attached hydrogen (secondary N) is 1. The van der Waals surface area contributed by atoms with Crippen LogP contribution in [0.15, 0.2) is 65.5 Å². The van der Waals surface area contributed by atoms with Gasteiger partial charge < -0.3 is 14.8 Å². The van der Waals surface area contributed by atoms with Crippen LogP contribution in [0.25, 0.3) is 4.96 Å². The number of hydrogen-bond donors (Lipinski definition) is 1. The second kappa shape index (κ2) is 9.61. The van der Waals surface area contributed by atoms with E-state index in [4.69, 9.17) is 9.47 Å². The molecule has 2 aromatic heterocycles. The highest BCUT2D eigenvalue weighted by molar-refractivity contribution is 7.16. The van der Waals surface area contributed by atoms with Crippen LogP contribution in [0, 0.1) is 6.92 Å². The lowest BCUT2D eigenvalue weighted by Gasteiger charge is -2.14. The Hall–Kier alpha value is -4.05. The molecule has 0 radical (unpaired) electrons. The molecule has 4 aromatic rings. The number of carbonyl (C=O) groups excluding carboxylic acids is 2. The maximum Gasteiger partial charge on any atom is 0.338 e. The van der Waals surface area contributed by atoms with Gasteiger partial charge in [-0.3, -0.25) is 9.59 Å². The lowest BCUT2D eigenvalue weighted by molar-refractivity contribution is -0.122. The molecule has 10 heteroatoms. The number of rotatable bonds is 7. The SMILES string of the molecule is Cc1nn2c(=O)cc(COC(=O)c3ccc(NC(=O)[C@@H](C)Oc4ccccc4)cc3)nc2s1. The molecular formula is C23H20N4O5S. The number of amides is 1. The lowest BCUT2D eigenvalue weighted by Crippen LogP contribution is -2.30. The summed E-state index contributed by atoms with van der Waals surface area (Å²) in [6, 6.07) is 16.6. The summed E-state index contributed by atoms with van der Waals surface area (Å²) < 4.78 is 12.1. The molecule has 9 nitrogen and oxygen atoms in total. The van der Waals surface area contributed by atoms with Crippen LogP contribution in [0.3, 0.4) is 0 Å². The van der Waals surface area contributed by atoms with E-state index in [0.29, 0.717) is 32.7 Å². The quantitative estimate of drug-likeness (QED) is 0.418. The molecule has 2 heterocycles. The van der Waals surface area contributed by atoms with Gasteiger partial charge in [0.2, 0.25) is 4.96 Å². The van der Waals surface area contributed by atoms with E-state index in [0.717, 1.165) is 0 Å². The lowest BCUT2D eigenvalue weighted by atomic mass is 10.2. The summed E-state index contributed by atoms with van der Waals surface area (Å²) >= 11 is 1.28. The second-order valence-electron chi connectivity index (χ2n) is 7.12. The van der Waals surface area contributed by atoms with Crippen LogP contribution >= 0.6 is 11.3 Å². The van der Waals surface area contributed by atoms with Crippen LogP contribution < -0.4 is 15.6 Å². The Morgan fingerprint density at radius 2 is 1.85 bits per heavy atom. The summed E-state index contributed by atoms with van der Waals surface area (Å²) in [5.74, 6) is -0.295. The van der Waals surface area contributed by atoms with E-state index in [1.807, 2.05) is 18.2 Å². The number of aryl methyl sites for hydroxylation is 1. The van der Waals surface area contributed by atoms with Gasteiger partial charge >= 0.3 is 5.97 Å². The van der Waals surface area contributed by atoms with Crippen molar-refractivity contribution >= 4 is 33.9 Å². The number of ether oxygens (including phenoxy) is 2. The summed E-state index contributed by atoms with van der Waals surface area (Å²) in [4.78, 5) is 41.5. The molecule has 0 unspecified atom stereocenters. The molecule has 0 aliphatic heterocycles. The molecule has 0 spiro atoms. The minimum Gasteiger partial charge on any atom is -0.481 e. The Labute approximate surface area is 192 Å². The molecular weight excluding hydrogens is 444 g/mol. The van der Waals surface area contributed by atoms with Gasteiger partial charge in [-0.1, -0.05) is 29.5 Å². The van der Waals surface area contributed by atoms with Crippen LogP contribution in [0.2, 0.25) is 0 Å². The average Bonchev–Trinajstić information content (AvgIpc) is 3.19. The maximum atomic E-state index is 12.4. The molecule has 33 heavy (non-hydrogen) atoms.